The van der Waals surface area contributed by atoms with Gasteiger partial charge in [0.15, 0.2) is 11.2 Å². The van der Waals surface area contributed by atoms with Crippen molar-refractivity contribution in [1.29, 1.82) is 0 Å². The summed E-state index contributed by atoms with van der Waals surface area (Å²) in [5.41, 5.74) is 1.93. The van der Waals surface area contributed by atoms with Crippen molar-refractivity contribution in [3.05, 3.63) is 105 Å². The number of anilines is 1. The Morgan fingerprint density at radius 1 is 1.06 bits per heavy atom. The maximum absolute atomic E-state index is 12.7. The van der Waals surface area contributed by atoms with Crippen molar-refractivity contribution in [2.75, 3.05) is 5.32 Å². The molecule has 0 unspecified atom stereocenters. The summed E-state index contributed by atoms with van der Waals surface area (Å²) >= 11 is 6.09. The van der Waals surface area contributed by atoms with Crippen molar-refractivity contribution in [3.63, 3.8) is 0 Å². The minimum atomic E-state index is -0.441. The summed E-state index contributed by atoms with van der Waals surface area (Å²) in [7, 11) is 0. The molecule has 0 spiro atoms. The fourth-order valence-corrected chi connectivity index (χ4v) is 3.19. The van der Waals surface area contributed by atoms with Gasteiger partial charge in [0.2, 0.25) is 5.91 Å². The Bertz CT molecular complexity index is 1340. The Labute approximate surface area is 183 Å². The Balaban J connectivity index is 1.56. The summed E-state index contributed by atoms with van der Waals surface area (Å²) in [5.74, 6) is 0.627. The first kappa shape index (κ1) is 20.4. The molecule has 4 aromatic rings. The number of hydrogen-bond donors (Lipinski definition) is 1. The van der Waals surface area contributed by atoms with E-state index in [1.807, 2.05) is 31.2 Å². The molecule has 0 aliphatic carbocycles. The van der Waals surface area contributed by atoms with Crippen molar-refractivity contribution >= 4 is 40.2 Å². The van der Waals surface area contributed by atoms with E-state index in [0.717, 1.165) is 5.56 Å². The number of carbonyl (C=O) groups excluding carboxylic acids is 1. The number of halogens is 1. The highest BCUT2D eigenvalue weighted by molar-refractivity contribution is 6.31. The number of benzene rings is 3. The third-order valence-electron chi connectivity index (χ3n) is 4.54. The zero-order chi connectivity index (χ0) is 21.8. The number of ether oxygens (including phenoxy) is 1. The van der Waals surface area contributed by atoms with Crippen LogP contribution in [-0.2, 0) is 4.79 Å². The zero-order valence-corrected chi connectivity index (χ0v) is 17.3. The largest absolute Gasteiger partial charge is 0.463 e. The molecule has 1 heterocycles. The van der Waals surface area contributed by atoms with Crippen LogP contribution < -0.4 is 15.5 Å². The number of aryl methyl sites for hydroxylation is 1. The smallest absolute Gasteiger partial charge is 0.248 e. The number of nitrogens with one attached hydrogen (secondary N) is 1. The molecule has 0 aliphatic rings. The number of hydrogen-bond acceptors (Lipinski definition) is 4. The van der Waals surface area contributed by atoms with Crippen molar-refractivity contribution in [3.8, 4) is 11.5 Å². The van der Waals surface area contributed by atoms with Gasteiger partial charge in [-0.25, -0.2) is 0 Å². The van der Waals surface area contributed by atoms with Gasteiger partial charge in [-0.3, -0.25) is 9.59 Å². The van der Waals surface area contributed by atoms with Crippen LogP contribution in [0, 0.1) is 6.92 Å². The predicted molar refractivity (Wildman–Crippen MR) is 123 cm³/mol. The SMILES string of the molecule is Cc1ccc2occ(/C=C/C(=O)Nc3cc(Cl)ccc3Oc3ccccc3)c(=O)c2c1. The molecule has 1 amide bonds. The highest BCUT2D eigenvalue weighted by Crippen LogP contribution is 2.32. The van der Waals surface area contributed by atoms with Crippen LogP contribution in [0.1, 0.15) is 11.1 Å². The van der Waals surface area contributed by atoms with E-state index in [4.69, 9.17) is 20.8 Å². The van der Waals surface area contributed by atoms with Gasteiger partial charge in [0, 0.05) is 11.1 Å². The normalized spacial score (nSPS) is 11.0. The lowest BCUT2D eigenvalue weighted by molar-refractivity contribution is -0.111. The molecule has 154 valence electrons. The van der Waals surface area contributed by atoms with Gasteiger partial charge in [-0.2, -0.15) is 0 Å². The number of fused-ring (bicyclic) bond motifs is 1. The average molecular weight is 432 g/mol. The zero-order valence-electron chi connectivity index (χ0n) is 16.6. The van der Waals surface area contributed by atoms with E-state index in [1.165, 1.54) is 18.4 Å². The Morgan fingerprint density at radius 3 is 2.68 bits per heavy atom. The summed E-state index contributed by atoms with van der Waals surface area (Å²) in [4.78, 5) is 25.2. The van der Waals surface area contributed by atoms with Crippen LogP contribution in [-0.4, -0.2) is 5.91 Å². The molecule has 0 radical (unpaired) electrons. The Kier molecular flexibility index (Phi) is 5.87. The molecule has 6 heteroatoms. The minimum Gasteiger partial charge on any atom is -0.463 e. The molecule has 0 atom stereocenters. The summed E-state index contributed by atoms with van der Waals surface area (Å²) in [5, 5.41) is 3.66. The first-order valence-electron chi connectivity index (χ1n) is 9.53. The highest BCUT2D eigenvalue weighted by atomic mass is 35.5. The van der Waals surface area contributed by atoms with E-state index >= 15 is 0 Å². The Morgan fingerprint density at radius 2 is 1.87 bits per heavy atom. The van der Waals surface area contributed by atoms with Crippen LogP contribution in [0.5, 0.6) is 11.5 Å². The lowest BCUT2D eigenvalue weighted by Crippen LogP contribution is -2.10. The lowest BCUT2D eigenvalue weighted by atomic mass is 10.1. The third-order valence-corrected chi connectivity index (χ3v) is 4.77. The quantitative estimate of drug-likeness (QED) is 0.382. The molecule has 0 saturated carbocycles. The number of rotatable bonds is 5. The van der Waals surface area contributed by atoms with E-state index in [1.54, 1.807) is 42.5 Å². The molecule has 1 N–H and O–H groups in total. The van der Waals surface area contributed by atoms with Gasteiger partial charge in [0.1, 0.15) is 17.6 Å². The molecule has 4 rings (SSSR count). The van der Waals surface area contributed by atoms with E-state index < -0.39 is 5.91 Å². The molecule has 5 nitrogen and oxygen atoms in total. The van der Waals surface area contributed by atoms with Crippen LogP contribution in [0.4, 0.5) is 5.69 Å². The number of para-hydroxylation sites is 1. The van der Waals surface area contributed by atoms with Crippen molar-refractivity contribution in [2.24, 2.45) is 0 Å². The van der Waals surface area contributed by atoms with Crippen LogP contribution in [0.15, 0.2) is 88.3 Å². The fraction of sp³-hybridized carbons (Fsp3) is 0.0400. The lowest BCUT2D eigenvalue weighted by Gasteiger charge is -2.12. The van der Waals surface area contributed by atoms with Crippen molar-refractivity contribution in [1.82, 2.24) is 0 Å². The molecule has 3 aromatic carbocycles. The summed E-state index contributed by atoms with van der Waals surface area (Å²) < 4.78 is 11.4. The molecule has 31 heavy (non-hydrogen) atoms. The van der Waals surface area contributed by atoms with E-state index in [0.29, 0.717) is 33.2 Å². The van der Waals surface area contributed by atoms with Gasteiger partial charge >= 0.3 is 0 Å². The fourth-order valence-electron chi connectivity index (χ4n) is 3.02. The van der Waals surface area contributed by atoms with Crippen LogP contribution in [0.25, 0.3) is 17.0 Å². The maximum atomic E-state index is 12.7. The van der Waals surface area contributed by atoms with Crippen LogP contribution in [0.3, 0.4) is 0 Å². The first-order chi connectivity index (χ1) is 15.0. The predicted octanol–water partition coefficient (Wildman–Crippen LogP) is 6.20. The summed E-state index contributed by atoms with van der Waals surface area (Å²) in [6.45, 7) is 1.90. The van der Waals surface area contributed by atoms with Crippen LogP contribution in [0.2, 0.25) is 5.02 Å². The number of amides is 1. The van der Waals surface area contributed by atoms with Gasteiger partial charge in [0.25, 0.3) is 0 Å². The molecular formula is C25H18ClNO4. The van der Waals surface area contributed by atoms with E-state index in [2.05, 4.69) is 5.32 Å². The highest BCUT2D eigenvalue weighted by Gasteiger charge is 2.10. The maximum Gasteiger partial charge on any atom is 0.248 e. The topological polar surface area (TPSA) is 68.5 Å². The van der Waals surface area contributed by atoms with Gasteiger partial charge < -0.3 is 14.5 Å². The van der Waals surface area contributed by atoms with Gasteiger partial charge in [-0.05, 0) is 55.5 Å². The Hall–Kier alpha value is -3.83. The molecule has 1 aromatic heterocycles. The average Bonchev–Trinajstić information content (AvgIpc) is 2.76. The summed E-state index contributed by atoms with van der Waals surface area (Å²) in [6, 6.07) is 19.5. The van der Waals surface area contributed by atoms with Crippen molar-refractivity contribution in [2.45, 2.75) is 6.92 Å². The molecular weight excluding hydrogens is 414 g/mol. The standard InChI is InChI=1S/C25H18ClNO4/c1-16-7-10-22-20(13-16)25(29)17(15-30-22)8-12-24(28)27-21-14-18(26)9-11-23(21)31-19-5-3-2-4-6-19/h2-15H,1H3,(H,27,28)/b12-8+. The summed E-state index contributed by atoms with van der Waals surface area (Å²) in [6.07, 6.45) is 4.03. The second kappa shape index (κ2) is 8.90. The van der Waals surface area contributed by atoms with Crippen molar-refractivity contribution < 1.29 is 13.9 Å². The molecule has 0 bridgehead atoms. The molecule has 0 saturated heterocycles. The van der Waals surface area contributed by atoms with Gasteiger partial charge in [-0.15, -0.1) is 0 Å². The van der Waals surface area contributed by atoms with Gasteiger partial charge in [0.05, 0.1) is 16.6 Å². The van der Waals surface area contributed by atoms with Crippen LogP contribution >= 0.6 is 11.6 Å². The third kappa shape index (κ3) is 4.85. The van der Waals surface area contributed by atoms with E-state index in [9.17, 15) is 9.59 Å². The molecule has 0 fully saturated rings. The second-order valence-corrected chi connectivity index (χ2v) is 7.33. The minimum absolute atomic E-state index is 0.204. The first-order valence-corrected chi connectivity index (χ1v) is 9.91. The monoisotopic (exact) mass is 431 g/mol. The second-order valence-electron chi connectivity index (χ2n) is 6.90. The number of carbonyl (C=O) groups is 1. The van der Waals surface area contributed by atoms with E-state index in [-0.39, 0.29) is 11.0 Å². The molecule has 0 aliphatic heterocycles. The van der Waals surface area contributed by atoms with Gasteiger partial charge in [-0.1, -0.05) is 41.4 Å².